The Kier molecular flexibility index (Phi) is 2.47. The second kappa shape index (κ2) is 3.67. The van der Waals surface area contributed by atoms with E-state index in [0.717, 1.165) is 0 Å². The summed E-state index contributed by atoms with van der Waals surface area (Å²) in [6.45, 7) is 0. The smallest absolute Gasteiger partial charge is 0.230 e. The maximum atomic E-state index is 13.2. The van der Waals surface area contributed by atoms with Gasteiger partial charge in [0, 0.05) is 5.56 Å². The van der Waals surface area contributed by atoms with Crippen LogP contribution in [0.1, 0.15) is 0 Å². The Morgan fingerprint density at radius 3 is 2.56 bits per heavy atom. The van der Waals surface area contributed by atoms with Gasteiger partial charge in [-0.15, -0.1) is 0 Å². The minimum absolute atomic E-state index is 0.00148. The highest BCUT2D eigenvalue weighted by Crippen LogP contribution is 2.43. The summed E-state index contributed by atoms with van der Waals surface area (Å²) < 4.78 is 17.8. The molecular formula is C9H6BrFN2O3. The molecule has 0 aliphatic carbocycles. The predicted molar refractivity (Wildman–Crippen MR) is 57.3 cm³/mol. The van der Waals surface area contributed by atoms with Crippen LogP contribution in [0, 0.1) is 5.82 Å². The first-order chi connectivity index (χ1) is 7.52. The molecule has 0 bridgehead atoms. The molecule has 0 aliphatic rings. The highest BCUT2D eigenvalue weighted by molar-refractivity contribution is 9.10. The number of phenolic OH excluding ortho intramolecular Hbond substituents is 2. The van der Waals surface area contributed by atoms with Gasteiger partial charge in [0.1, 0.15) is 0 Å². The van der Waals surface area contributed by atoms with Gasteiger partial charge < -0.3 is 20.5 Å². The fourth-order valence-corrected chi connectivity index (χ4v) is 1.68. The molecule has 0 fully saturated rings. The van der Waals surface area contributed by atoms with E-state index in [4.69, 9.17) is 5.73 Å². The van der Waals surface area contributed by atoms with Gasteiger partial charge in [0.05, 0.1) is 16.2 Å². The number of aromatic nitrogens is 1. The fourth-order valence-electron chi connectivity index (χ4n) is 1.26. The molecule has 5 nitrogen and oxygen atoms in total. The van der Waals surface area contributed by atoms with Gasteiger partial charge in [-0.1, -0.05) is 5.16 Å². The number of nitrogen functional groups attached to an aromatic ring is 1. The van der Waals surface area contributed by atoms with Gasteiger partial charge in [-0.05, 0) is 22.0 Å². The van der Waals surface area contributed by atoms with Gasteiger partial charge in [0.15, 0.2) is 17.3 Å². The van der Waals surface area contributed by atoms with Gasteiger partial charge in [-0.3, -0.25) is 0 Å². The zero-order valence-electron chi connectivity index (χ0n) is 7.74. The summed E-state index contributed by atoms with van der Waals surface area (Å²) >= 11 is 2.90. The Labute approximate surface area is 97.4 Å². The molecule has 2 rings (SSSR count). The first-order valence-corrected chi connectivity index (χ1v) is 4.92. The number of rotatable bonds is 1. The third-order valence-corrected chi connectivity index (χ3v) is 2.63. The zero-order valence-corrected chi connectivity index (χ0v) is 9.32. The van der Waals surface area contributed by atoms with Crippen LogP contribution < -0.4 is 5.73 Å². The summed E-state index contributed by atoms with van der Waals surface area (Å²) in [5, 5.41) is 22.3. The monoisotopic (exact) mass is 288 g/mol. The van der Waals surface area contributed by atoms with E-state index in [0.29, 0.717) is 0 Å². The third kappa shape index (κ3) is 1.49. The highest BCUT2D eigenvalue weighted by Gasteiger charge is 2.20. The van der Waals surface area contributed by atoms with Crippen LogP contribution >= 0.6 is 15.9 Å². The van der Waals surface area contributed by atoms with E-state index >= 15 is 0 Å². The minimum Gasteiger partial charge on any atom is -0.504 e. The average molecular weight is 289 g/mol. The van der Waals surface area contributed by atoms with Crippen LogP contribution in [0.4, 0.5) is 10.3 Å². The number of aromatic hydroxyl groups is 2. The van der Waals surface area contributed by atoms with E-state index in [2.05, 4.69) is 25.6 Å². The van der Waals surface area contributed by atoms with Crippen molar-refractivity contribution >= 4 is 21.8 Å². The van der Waals surface area contributed by atoms with Crippen LogP contribution in [0.2, 0.25) is 0 Å². The standard InChI is InChI=1S/C9H6BrFN2O3/c10-5-1-3(4-2-13-16-9(4)12)7(14)8(15)6(5)11/h1-2,14-15H,12H2. The first kappa shape index (κ1) is 10.7. The van der Waals surface area contributed by atoms with E-state index in [1.165, 1.54) is 12.3 Å². The van der Waals surface area contributed by atoms with E-state index in [1.807, 2.05) is 0 Å². The van der Waals surface area contributed by atoms with Crippen molar-refractivity contribution in [2.75, 3.05) is 5.73 Å². The number of nitrogens with two attached hydrogens (primary N) is 1. The van der Waals surface area contributed by atoms with Crippen molar-refractivity contribution < 1.29 is 19.1 Å². The van der Waals surface area contributed by atoms with Crippen molar-refractivity contribution in [3.8, 4) is 22.6 Å². The average Bonchev–Trinajstić information content (AvgIpc) is 2.67. The molecule has 2 aromatic rings. The molecule has 84 valence electrons. The van der Waals surface area contributed by atoms with Crippen LogP contribution in [0.3, 0.4) is 0 Å². The lowest BCUT2D eigenvalue weighted by Gasteiger charge is -2.07. The molecule has 7 heteroatoms. The van der Waals surface area contributed by atoms with Crippen LogP contribution in [-0.4, -0.2) is 15.4 Å². The Morgan fingerprint density at radius 1 is 1.31 bits per heavy atom. The number of halogens is 2. The largest absolute Gasteiger partial charge is 0.504 e. The summed E-state index contributed by atoms with van der Waals surface area (Å²) in [4.78, 5) is 0. The molecule has 0 radical (unpaired) electrons. The van der Waals surface area contributed by atoms with E-state index in [-0.39, 0.29) is 21.5 Å². The molecular weight excluding hydrogens is 283 g/mol. The van der Waals surface area contributed by atoms with Gasteiger partial charge in [0.25, 0.3) is 0 Å². The Bertz CT molecular complexity index is 556. The number of phenols is 2. The topological polar surface area (TPSA) is 92.5 Å². The third-order valence-electron chi connectivity index (χ3n) is 2.06. The number of hydrogen-bond acceptors (Lipinski definition) is 5. The van der Waals surface area contributed by atoms with Crippen molar-refractivity contribution in [3.05, 3.63) is 22.6 Å². The SMILES string of the molecule is Nc1oncc1-c1cc(Br)c(F)c(O)c1O. The van der Waals surface area contributed by atoms with Gasteiger partial charge in [-0.2, -0.15) is 0 Å². The van der Waals surface area contributed by atoms with Crippen LogP contribution in [0.25, 0.3) is 11.1 Å². The van der Waals surface area contributed by atoms with Gasteiger partial charge in [0.2, 0.25) is 5.88 Å². The van der Waals surface area contributed by atoms with E-state index in [1.54, 1.807) is 0 Å². The highest BCUT2D eigenvalue weighted by atomic mass is 79.9. The van der Waals surface area contributed by atoms with Crippen LogP contribution in [-0.2, 0) is 0 Å². The molecule has 0 atom stereocenters. The maximum absolute atomic E-state index is 13.2. The summed E-state index contributed by atoms with van der Waals surface area (Å²) in [6, 6.07) is 1.27. The Hall–Kier alpha value is -1.76. The molecule has 0 saturated heterocycles. The molecule has 0 amide bonds. The second-order valence-electron chi connectivity index (χ2n) is 3.02. The lowest BCUT2D eigenvalue weighted by atomic mass is 10.1. The lowest BCUT2D eigenvalue weighted by molar-refractivity contribution is 0.379. The van der Waals surface area contributed by atoms with Crippen LogP contribution in [0.15, 0.2) is 21.3 Å². The zero-order chi connectivity index (χ0) is 11.9. The van der Waals surface area contributed by atoms with Gasteiger partial charge in [-0.25, -0.2) is 4.39 Å². The van der Waals surface area contributed by atoms with E-state index < -0.39 is 17.3 Å². The quantitative estimate of drug-likeness (QED) is 0.700. The van der Waals surface area contributed by atoms with Crippen molar-refractivity contribution in [2.45, 2.75) is 0 Å². The van der Waals surface area contributed by atoms with Crippen molar-refractivity contribution in [1.82, 2.24) is 5.16 Å². The maximum Gasteiger partial charge on any atom is 0.230 e. The summed E-state index contributed by atoms with van der Waals surface area (Å²) in [7, 11) is 0. The molecule has 0 unspecified atom stereocenters. The summed E-state index contributed by atoms with van der Waals surface area (Å²) in [5.74, 6) is -2.45. The number of benzene rings is 1. The normalized spacial score (nSPS) is 10.6. The van der Waals surface area contributed by atoms with Crippen LogP contribution in [0.5, 0.6) is 11.5 Å². The number of nitrogens with zero attached hydrogens (tertiary/aromatic N) is 1. The first-order valence-electron chi connectivity index (χ1n) is 4.12. The van der Waals surface area contributed by atoms with Gasteiger partial charge >= 0.3 is 0 Å². The van der Waals surface area contributed by atoms with Crippen molar-refractivity contribution in [1.29, 1.82) is 0 Å². The number of anilines is 1. The molecule has 16 heavy (non-hydrogen) atoms. The fraction of sp³-hybridized carbons (Fsp3) is 0. The molecule has 1 aromatic heterocycles. The molecule has 1 heterocycles. The molecule has 1 aromatic carbocycles. The Morgan fingerprint density at radius 2 is 2.00 bits per heavy atom. The van der Waals surface area contributed by atoms with E-state index in [9.17, 15) is 14.6 Å². The lowest BCUT2D eigenvalue weighted by Crippen LogP contribution is -1.88. The van der Waals surface area contributed by atoms with Crippen molar-refractivity contribution in [3.63, 3.8) is 0 Å². The second-order valence-corrected chi connectivity index (χ2v) is 3.88. The Balaban J connectivity index is 2.72. The molecule has 0 aliphatic heterocycles. The molecule has 4 N–H and O–H groups in total. The minimum atomic E-state index is -0.948. The predicted octanol–water partition coefficient (Wildman–Crippen LogP) is 2.24. The van der Waals surface area contributed by atoms with Crippen molar-refractivity contribution in [2.24, 2.45) is 0 Å². The molecule has 0 saturated carbocycles. The number of hydrogen-bond donors (Lipinski definition) is 3. The summed E-state index contributed by atoms with van der Waals surface area (Å²) in [6.07, 6.45) is 1.26. The molecule has 0 spiro atoms. The summed E-state index contributed by atoms with van der Waals surface area (Å²) in [5.41, 5.74) is 5.85.